The fourth-order valence-electron chi connectivity index (χ4n) is 6.43. The molecule has 0 amide bonds. The number of rotatable bonds is 7. The molecule has 5 rings (SSSR count). The van der Waals surface area contributed by atoms with Crippen molar-refractivity contribution >= 4 is 5.82 Å². The number of nitrogen functional groups attached to an aromatic ring is 1. The first-order chi connectivity index (χ1) is 18.7. The van der Waals surface area contributed by atoms with Crippen molar-refractivity contribution in [1.82, 2.24) is 9.55 Å². The summed E-state index contributed by atoms with van der Waals surface area (Å²) >= 11 is 0. The lowest BCUT2D eigenvalue weighted by Crippen LogP contribution is -2.57. The monoisotopic (exact) mass is 541 g/mol. The molecule has 12 nitrogen and oxygen atoms in total. The predicted octanol–water partition coefficient (Wildman–Crippen LogP) is 1.93. The summed E-state index contributed by atoms with van der Waals surface area (Å²) in [6.45, 7) is -0.116. The highest BCUT2D eigenvalue weighted by Gasteiger charge is 2.66. The van der Waals surface area contributed by atoms with E-state index in [9.17, 15) is 25.5 Å². The Morgan fingerprint density at radius 1 is 1.13 bits per heavy atom. The first-order valence-electron chi connectivity index (χ1n) is 13.6. The highest BCUT2D eigenvalue weighted by Crippen LogP contribution is 2.52. The minimum atomic E-state index is -1.62. The molecule has 5 atom stereocenters. The number of ether oxygens (including phenoxy) is 4. The van der Waals surface area contributed by atoms with Crippen LogP contribution in [0.3, 0.4) is 0 Å². The largest absolute Gasteiger partial charge is 0.491 e. The van der Waals surface area contributed by atoms with Crippen molar-refractivity contribution in [2.45, 2.75) is 112 Å². The van der Waals surface area contributed by atoms with Crippen LogP contribution in [0.1, 0.15) is 76.9 Å². The van der Waals surface area contributed by atoms with Gasteiger partial charge in [0, 0.05) is 6.20 Å². The van der Waals surface area contributed by atoms with E-state index in [1.807, 2.05) is 6.07 Å². The van der Waals surface area contributed by atoms with E-state index in [0.29, 0.717) is 25.7 Å². The molecule has 2 aliphatic heterocycles. The molecule has 4 aliphatic rings. The van der Waals surface area contributed by atoms with Crippen LogP contribution in [-0.2, 0) is 18.9 Å². The summed E-state index contributed by atoms with van der Waals surface area (Å²) in [6.07, 6.45) is 5.83. The molecule has 0 radical (unpaired) electrons. The summed E-state index contributed by atoms with van der Waals surface area (Å²) in [7, 11) is 0. The molecule has 4 N–H and O–H groups in total. The Balaban J connectivity index is 1.46. The molecule has 4 fully saturated rings. The molecular formula is C27H35N5O7. The van der Waals surface area contributed by atoms with E-state index >= 15 is 0 Å². The number of hydrogen-bond acceptors (Lipinski definition) is 11. The Kier molecular flexibility index (Phi) is 7.68. The van der Waals surface area contributed by atoms with Crippen LogP contribution in [0, 0.1) is 22.7 Å². The third-order valence-corrected chi connectivity index (χ3v) is 8.50. The van der Waals surface area contributed by atoms with Crippen molar-refractivity contribution < 1.29 is 29.2 Å². The summed E-state index contributed by atoms with van der Waals surface area (Å²) in [5, 5.41) is 42.0. The van der Waals surface area contributed by atoms with E-state index in [2.05, 4.69) is 11.1 Å². The van der Waals surface area contributed by atoms with Gasteiger partial charge >= 0.3 is 5.69 Å². The lowest BCUT2D eigenvalue weighted by Gasteiger charge is -2.45. The molecule has 1 aromatic rings. The van der Waals surface area contributed by atoms with Gasteiger partial charge in [-0.3, -0.25) is 4.57 Å². The predicted molar refractivity (Wildman–Crippen MR) is 135 cm³/mol. The molecule has 2 saturated carbocycles. The van der Waals surface area contributed by atoms with Gasteiger partial charge in [0.1, 0.15) is 47.7 Å². The van der Waals surface area contributed by atoms with Gasteiger partial charge < -0.3 is 34.9 Å². The molecule has 210 valence electrons. The van der Waals surface area contributed by atoms with E-state index in [4.69, 9.17) is 24.7 Å². The quantitative estimate of drug-likeness (QED) is 0.338. The van der Waals surface area contributed by atoms with Crippen LogP contribution >= 0.6 is 0 Å². The van der Waals surface area contributed by atoms with Crippen LogP contribution in [-0.4, -0.2) is 61.7 Å². The van der Waals surface area contributed by atoms with Crippen molar-refractivity contribution in [3.63, 3.8) is 0 Å². The third kappa shape index (κ3) is 5.04. The van der Waals surface area contributed by atoms with Crippen LogP contribution in [0.15, 0.2) is 28.9 Å². The SMILES string of the molecule is N#C/C=C(\OC[C@H]1O[C@@H](n2ccc(N)nc2=O)[C@@H]2OC(CC#N)(C3(O)CCCCC3)O[C@@H]21)C1(O)CCCCC1. The molecule has 1 unspecified atom stereocenters. The average molecular weight is 542 g/mol. The van der Waals surface area contributed by atoms with Crippen LogP contribution < -0.4 is 11.4 Å². The van der Waals surface area contributed by atoms with Gasteiger partial charge in [-0.2, -0.15) is 15.5 Å². The van der Waals surface area contributed by atoms with Crippen molar-refractivity contribution in [2.24, 2.45) is 0 Å². The molecule has 2 aliphatic carbocycles. The second-order valence-electron chi connectivity index (χ2n) is 11.0. The van der Waals surface area contributed by atoms with Crippen molar-refractivity contribution in [3.8, 4) is 12.1 Å². The highest BCUT2D eigenvalue weighted by atomic mass is 16.8. The average Bonchev–Trinajstić information content (AvgIpc) is 3.45. The van der Waals surface area contributed by atoms with Crippen LogP contribution in [0.25, 0.3) is 0 Å². The summed E-state index contributed by atoms with van der Waals surface area (Å²) in [6, 6.07) is 5.53. The summed E-state index contributed by atoms with van der Waals surface area (Å²) in [5.74, 6) is -1.40. The van der Waals surface area contributed by atoms with Gasteiger partial charge in [-0.25, -0.2) is 4.79 Å². The van der Waals surface area contributed by atoms with Gasteiger partial charge in [-0.1, -0.05) is 38.5 Å². The Labute approximate surface area is 226 Å². The van der Waals surface area contributed by atoms with Gasteiger partial charge in [0.2, 0.25) is 5.79 Å². The maximum absolute atomic E-state index is 12.8. The molecule has 12 heteroatoms. The van der Waals surface area contributed by atoms with E-state index in [0.717, 1.165) is 38.5 Å². The molecule has 39 heavy (non-hydrogen) atoms. The molecule has 0 aromatic carbocycles. The first-order valence-corrected chi connectivity index (χ1v) is 13.6. The fourth-order valence-corrected chi connectivity index (χ4v) is 6.43. The zero-order valence-corrected chi connectivity index (χ0v) is 21.8. The number of allylic oxidation sites excluding steroid dienone is 1. The summed E-state index contributed by atoms with van der Waals surface area (Å²) < 4.78 is 26.4. The second-order valence-corrected chi connectivity index (χ2v) is 11.0. The number of nitriles is 2. The Hall–Kier alpha value is -3.00. The van der Waals surface area contributed by atoms with E-state index in [-0.39, 0.29) is 24.6 Å². The highest BCUT2D eigenvalue weighted by molar-refractivity contribution is 5.24. The molecular weight excluding hydrogens is 506 g/mol. The van der Waals surface area contributed by atoms with Crippen LogP contribution in [0.4, 0.5) is 5.82 Å². The second kappa shape index (κ2) is 10.9. The number of nitrogens with zero attached hydrogens (tertiary/aromatic N) is 4. The summed E-state index contributed by atoms with van der Waals surface area (Å²) in [4.78, 5) is 16.6. The topological polar surface area (TPSA) is 186 Å². The number of nitrogens with two attached hydrogens (primary N) is 1. The third-order valence-electron chi connectivity index (χ3n) is 8.50. The van der Waals surface area contributed by atoms with Gasteiger partial charge in [-0.05, 0) is 31.7 Å². The van der Waals surface area contributed by atoms with Gasteiger partial charge in [0.05, 0.1) is 24.6 Å². The molecule has 0 spiro atoms. The lowest BCUT2D eigenvalue weighted by molar-refractivity contribution is -0.305. The lowest BCUT2D eigenvalue weighted by atomic mass is 9.77. The number of hydrogen-bond donors (Lipinski definition) is 3. The van der Waals surface area contributed by atoms with Gasteiger partial charge in [0.25, 0.3) is 0 Å². The van der Waals surface area contributed by atoms with Crippen molar-refractivity contribution in [1.29, 1.82) is 10.5 Å². The molecule has 1 aromatic heterocycles. The van der Waals surface area contributed by atoms with E-state index in [1.165, 1.54) is 22.9 Å². The molecule has 2 saturated heterocycles. The minimum Gasteiger partial charge on any atom is -0.491 e. The Morgan fingerprint density at radius 2 is 1.79 bits per heavy atom. The molecule has 3 heterocycles. The first kappa shape index (κ1) is 27.6. The van der Waals surface area contributed by atoms with Gasteiger partial charge in [-0.15, -0.1) is 0 Å². The van der Waals surface area contributed by atoms with Crippen LogP contribution in [0.2, 0.25) is 0 Å². The minimum absolute atomic E-state index is 0.0524. The fraction of sp³-hybridized carbons (Fsp3) is 0.704. The number of anilines is 1. The summed E-state index contributed by atoms with van der Waals surface area (Å²) in [5.41, 5.74) is 2.38. The standard InChI is InChI=1S/C27H35N5O7/c28-14-7-19(25(34)9-3-1-4-10-25)36-17-18-21-22(23(37-18)32-16-8-20(30)31-24(32)33)39-27(38-21,13-15-29)26(35)11-5-2-6-12-26/h7-8,16,18,21-23,34-35H,1-6,9-13,17H2,(H2,30,31,33)/b19-7-/t18-,21-,22-,23-,27?/m1/s1. The smallest absolute Gasteiger partial charge is 0.351 e. The Bertz CT molecular complexity index is 1220. The molecule has 0 bridgehead atoms. The number of aromatic nitrogens is 2. The van der Waals surface area contributed by atoms with Crippen LogP contribution in [0.5, 0.6) is 0 Å². The van der Waals surface area contributed by atoms with E-state index in [1.54, 1.807) is 0 Å². The van der Waals surface area contributed by atoms with E-state index < -0.39 is 47.2 Å². The Morgan fingerprint density at radius 3 is 2.44 bits per heavy atom. The van der Waals surface area contributed by atoms with Crippen molar-refractivity contribution in [3.05, 3.63) is 34.6 Å². The number of fused-ring (bicyclic) bond motifs is 1. The normalized spacial score (nSPS) is 33.6. The zero-order valence-electron chi connectivity index (χ0n) is 21.8. The zero-order chi connectivity index (χ0) is 27.7. The number of aliphatic hydroxyl groups is 2. The maximum Gasteiger partial charge on any atom is 0.351 e. The maximum atomic E-state index is 12.8. The van der Waals surface area contributed by atoms with Gasteiger partial charge in [0.15, 0.2) is 6.23 Å². The van der Waals surface area contributed by atoms with Crippen molar-refractivity contribution in [2.75, 3.05) is 12.3 Å².